The number of aryl methyl sites for hydroxylation is 1. The van der Waals surface area contributed by atoms with E-state index in [-0.39, 0.29) is 14.8 Å². The molecular formula is C19H22ClN5O2S2. The number of nitrogens with zero attached hydrogens (tertiary/aromatic N) is 5. The predicted molar refractivity (Wildman–Crippen MR) is 116 cm³/mol. The van der Waals surface area contributed by atoms with E-state index in [0.717, 1.165) is 37.7 Å². The lowest BCUT2D eigenvalue weighted by Crippen LogP contribution is -2.45. The lowest BCUT2D eigenvalue weighted by molar-refractivity contribution is 0.311. The zero-order valence-corrected chi connectivity index (χ0v) is 18.9. The van der Waals surface area contributed by atoms with Crippen LogP contribution in [0, 0.1) is 6.92 Å². The molecule has 0 saturated carbocycles. The number of aromatic nitrogens is 3. The Bertz CT molecular complexity index is 1170. The highest BCUT2D eigenvalue weighted by Crippen LogP contribution is 2.36. The highest BCUT2D eigenvalue weighted by Gasteiger charge is 2.31. The third-order valence-electron chi connectivity index (χ3n) is 5.04. The van der Waals surface area contributed by atoms with E-state index in [1.807, 2.05) is 19.2 Å². The maximum absolute atomic E-state index is 13.5. The first-order valence-corrected chi connectivity index (χ1v) is 12.3. The van der Waals surface area contributed by atoms with Crippen molar-refractivity contribution in [2.75, 3.05) is 44.4 Å². The second-order valence-corrected chi connectivity index (χ2v) is 10.1. The minimum absolute atomic E-state index is 0.0660. The minimum Gasteiger partial charge on any atom is -0.354 e. The quantitative estimate of drug-likeness (QED) is 0.564. The highest BCUT2D eigenvalue weighted by molar-refractivity contribution is 7.99. The summed E-state index contributed by atoms with van der Waals surface area (Å²) in [6, 6.07) is 8.43. The molecule has 0 unspecified atom stereocenters. The first-order valence-electron chi connectivity index (χ1n) is 9.20. The van der Waals surface area contributed by atoms with Gasteiger partial charge in [0.2, 0.25) is 9.84 Å². The number of sulfone groups is 1. The largest absolute Gasteiger partial charge is 0.354 e. The summed E-state index contributed by atoms with van der Waals surface area (Å²) in [5, 5.41) is 5.23. The summed E-state index contributed by atoms with van der Waals surface area (Å²) >= 11 is 7.51. The van der Waals surface area contributed by atoms with E-state index in [1.165, 1.54) is 17.8 Å². The second-order valence-electron chi connectivity index (χ2n) is 7.05. The molecule has 3 aromatic rings. The van der Waals surface area contributed by atoms with E-state index in [4.69, 9.17) is 11.6 Å². The van der Waals surface area contributed by atoms with Crippen LogP contribution in [0.5, 0.6) is 0 Å². The molecule has 0 N–H and O–H groups in total. The van der Waals surface area contributed by atoms with Gasteiger partial charge in [-0.05, 0) is 32.4 Å². The monoisotopic (exact) mass is 451 g/mol. The van der Waals surface area contributed by atoms with Crippen molar-refractivity contribution in [3.63, 3.8) is 0 Å². The van der Waals surface area contributed by atoms with Gasteiger partial charge in [0.05, 0.1) is 9.92 Å². The summed E-state index contributed by atoms with van der Waals surface area (Å²) < 4.78 is 28.7. The predicted octanol–water partition coefficient (Wildman–Crippen LogP) is 3.00. The van der Waals surface area contributed by atoms with Crippen molar-refractivity contribution in [1.29, 1.82) is 0 Å². The molecule has 29 heavy (non-hydrogen) atoms. The molecule has 1 aliphatic rings. The molecule has 0 bridgehead atoms. The molecule has 1 aliphatic heterocycles. The molecule has 10 heteroatoms. The maximum Gasteiger partial charge on any atom is 0.214 e. The first kappa shape index (κ1) is 20.5. The number of hydrogen-bond donors (Lipinski definition) is 0. The van der Waals surface area contributed by atoms with E-state index >= 15 is 0 Å². The van der Waals surface area contributed by atoms with Crippen LogP contribution in [0.1, 0.15) is 5.69 Å². The van der Waals surface area contributed by atoms with Crippen molar-refractivity contribution in [3.05, 3.63) is 41.0 Å². The number of benzene rings is 1. The Kier molecular flexibility index (Phi) is 5.50. The van der Waals surface area contributed by atoms with E-state index in [2.05, 4.69) is 26.9 Å². The zero-order chi connectivity index (χ0) is 20.8. The molecule has 0 aliphatic carbocycles. The number of thioether (sulfide) groups is 1. The fraction of sp³-hybridized carbons (Fsp3) is 0.368. The molecule has 4 rings (SSSR count). The van der Waals surface area contributed by atoms with Crippen LogP contribution < -0.4 is 4.90 Å². The van der Waals surface area contributed by atoms with Crippen molar-refractivity contribution < 1.29 is 8.42 Å². The zero-order valence-electron chi connectivity index (χ0n) is 16.5. The summed E-state index contributed by atoms with van der Waals surface area (Å²) in [5.74, 6) is 0.858. The van der Waals surface area contributed by atoms with Crippen LogP contribution in [-0.2, 0) is 9.84 Å². The summed E-state index contributed by atoms with van der Waals surface area (Å²) in [6.45, 7) is 5.43. The summed E-state index contributed by atoms with van der Waals surface area (Å²) in [7, 11) is -1.80. The van der Waals surface area contributed by atoms with Gasteiger partial charge in [-0.25, -0.2) is 13.4 Å². The number of hydrogen-bond acceptors (Lipinski definition) is 7. The van der Waals surface area contributed by atoms with Gasteiger partial charge in [0, 0.05) is 37.9 Å². The second kappa shape index (κ2) is 7.79. The van der Waals surface area contributed by atoms with Gasteiger partial charge < -0.3 is 9.80 Å². The molecule has 7 nitrogen and oxygen atoms in total. The van der Waals surface area contributed by atoms with Crippen molar-refractivity contribution in [1.82, 2.24) is 19.5 Å². The van der Waals surface area contributed by atoms with Gasteiger partial charge in [0.1, 0.15) is 10.8 Å². The van der Waals surface area contributed by atoms with Crippen molar-refractivity contribution >= 4 is 44.7 Å². The summed E-state index contributed by atoms with van der Waals surface area (Å²) in [6.07, 6.45) is 1.82. The van der Waals surface area contributed by atoms with E-state index < -0.39 is 9.84 Å². The first-order chi connectivity index (χ1) is 13.8. The van der Waals surface area contributed by atoms with E-state index in [9.17, 15) is 8.42 Å². The molecule has 0 spiro atoms. The Morgan fingerprint density at radius 3 is 2.48 bits per heavy atom. The smallest absolute Gasteiger partial charge is 0.214 e. The number of fused-ring (bicyclic) bond motifs is 1. The molecular weight excluding hydrogens is 430 g/mol. The fourth-order valence-electron chi connectivity index (χ4n) is 3.48. The summed E-state index contributed by atoms with van der Waals surface area (Å²) in [5.41, 5.74) is 1.08. The minimum atomic E-state index is -3.89. The SMILES string of the molecule is CSc1nn2c(N3CCN(C)CC3)cc(C)nc2c1S(=O)(=O)c1ccccc1Cl. The average molecular weight is 452 g/mol. The van der Waals surface area contributed by atoms with Crippen LogP contribution in [0.4, 0.5) is 5.82 Å². The summed E-state index contributed by atoms with van der Waals surface area (Å²) in [4.78, 5) is 9.23. The van der Waals surface area contributed by atoms with Gasteiger partial charge in [-0.2, -0.15) is 9.61 Å². The third-order valence-corrected chi connectivity index (χ3v) is 8.13. The lowest BCUT2D eigenvalue weighted by Gasteiger charge is -2.34. The van der Waals surface area contributed by atoms with Crippen molar-refractivity contribution in [3.8, 4) is 0 Å². The number of likely N-dealkylation sites (N-methyl/N-ethyl adjacent to an activating group) is 1. The van der Waals surface area contributed by atoms with Gasteiger partial charge in [0.15, 0.2) is 10.5 Å². The Labute approximate surface area is 179 Å². The van der Waals surface area contributed by atoms with E-state index in [0.29, 0.717) is 10.7 Å². The van der Waals surface area contributed by atoms with Crippen LogP contribution >= 0.6 is 23.4 Å². The van der Waals surface area contributed by atoms with Gasteiger partial charge in [0.25, 0.3) is 0 Å². The average Bonchev–Trinajstić information content (AvgIpc) is 3.07. The molecule has 2 aromatic heterocycles. The van der Waals surface area contributed by atoms with Crippen molar-refractivity contribution in [2.24, 2.45) is 0 Å². The van der Waals surface area contributed by atoms with Crippen LogP contribution in [0.2, 0.25) is 5.02 Å². The topological polar surface area (TPSA) is 70.8 Å². The fourth-order valence-corrected chi connectivity index (χ4v) is 6.39. The molecule has 1 saturated heterocycles. The Balaban J connectivity index is 1.95. The van der Waals surface area contributed by atoms with Crippen LogP contribution in [0.15, 0.2) is 45.1 Å². The molecule has 0 atom stereocenters. The van der Waals surface area contributed by atoms with Crippen LogP contribution in [0.3, 0.4) is 0 Å². The number of rotatable bonds is 4. The van der Waals surface area contributed by atoms with Crippen molar-refractivity contribution in [2.45, 2.75) is 21.7 Å². The number of piperazine rings is 1. The molecule has 1 aromatic carbocycles. The number of anilines is 1. The van der Waals surface area contributed by atoms with Gasteiger partial charge in [-0.1, -0.05) is 23.7 Å². The Morgan fingerprint density at radius 2 is 1.83 bits per heavy atom. The third kappa shape index (κ3) is 3.61. The molecule has 1 fully saturated rings. The Morgan fingerprint density at radius 1 is 1.14 bits per heavy atom. The standard InChI is InChI=1S/C19H22ClN5O2S2/c1-13-12-16(24-10-8-23(2)9-11-24)25-18(21-13)17(19(22-25)28-3)29(26,27)15-7-5-4-6-14(15)20/h4-7,12H,8-11H2,1-3H3. The van der Waals surface area contributed by atoms with Gasteiger partial charge >= 0.3 is 0 Å². The highest BCUT2D eigenvalue weighted by atomic mass is 35.5. The Hall–Kier alpha value is -1.81. The molecule has 154 valence electrons. The van der Waals surface area contributed by atoms with Gasteiger partial charge in [-0.15, -0.1) is 11.8 Å². The number of halogens is 1. The normalized spacial score (nSPS) is 15.9. The molecule has 3 heterocycles. The van der Waals surface area contributed by atoms with Crippen LogP contribution in [-0.4, -0.2) is 67.4 Å². The molecule has 0 radical (unpaired) electrons. The molecule has 0 amide bonds. The van der Waals surface area contributed by atoms with Gasteiger partial charge in [-0.3, -0.25) is 0 Å². The van der Waals surface area contributed by atoms with Crippen LogP contribution in [0.25, 0.3) is 5.65 Å². The maximum atomic E-state index is 13.5. The van der Waals surface area contributed by atoms with E-state index in [1.54, 1.807) is 22.7 Å². The lowest BCUT2D eigenvalue weighted by atomic mass is 10.3.